The van der Waals surface area contributed by atoms with Gasteiger partial charge in [-0.3, -0.25) is 4.79 Å². The summed E-state index contributed by atoms with van der Waals surface area (Å²) in [5.74, 6) is 6.55. The van der Waals surface area contributed by atoms with Crippen molar-refractivity contribution in [2.24, 2.45) is 0 Å². The normalized spacial score (nSPS) is 12.0. The Kier molecular flexibility index (Phi) is 5.63. The lowest BCUT2D eigenvalue weighted by Gasteiger charge is -2.12. The fourth-order valence-corrected chi connectivity index (χ4v) is 3.51. The Bertz CT molecular complexity index is 926. The van der Waals surface area contributed by atoms with E-state index in [1.165, 1.54) is 16.4 Å². The third kappa shape index (κ3) is 4.08. The number of nitrogen functional groups attached to an aromatic ring is 1. The largest absolute Gasteiger partial charge is 0.335 e. The highest BCUT2D eigenvalue weighted by Gasteiger charge is 2.20. The first kappa shape index (κ1) is 18.5. The van der Waals surface area contributed by atoms with E-state index in [1.54, 1.807) is 6.92 Å². The van der Waals surface area contributed by atoms with Gasteiger partial charge in [0.25, 0.3) is 0 Å². The molecule has 6 nitrogen and oxygen atoms in total. The van der Waals surface area contributed by atoms with Crippen molar-refractivity contribution in [3.05, 3.63) is 58.6 Å². The predicted molar refractivity (Wildman–Crippen MR) is 108 cm³/mol. The number of nitrogens with one attached hydrogen (secondary N) is 1. The van der Waals surface area contributed by atoms with Gasteiger partial charge in [-0.1, -0.05) is 57.5 Å². The minimum absolute atomic E-state index is 0.121. The van der Waals surface area contributed by atoms with E-state index in [0.717, 1.165) is 21.3 Å². The van der Waals surface area contributed by atoms with Crippen molar-refractivity contribution in [3.8, 4) is 11.4 Å². The van der Waals surface area contributed by atoms with Crippen molar-refractivity contribution in [2.45, 2.75) is 24.3 Å². The fourth-order valence-electron chi connectivity index (χ4n) is 2.28. The molecule has 0 radical (unpaired) electrons. The summed E-state index contributed by atoms with van der Waals surface area (Å²) >= 11 is 4.74. The molecule has 26 heavy (non-hydrogen) atoms. The van der Waals surface area contributed by atoms with Crippen molar-refractivity contribution in [1.29, 1.82) is 0 Å². The number of benzene rings is 2. The number of carbonyl (C=O) groups is 1. The second-order valence-corrected chi connectivity index (χ2v) is 7.93. The van der Waals surface area contributed by atoms with Crippen molar-refractivity contribution in [3.63, 3.8) is 0 Å². The average Bonchev–Trinajstić information content (AvgIpc) is 2.98. The van der Waals surface area contributed by atoms with Gasteiger partial charge in [0.05, 0.1) is 5.25 Å². The van der Waals surface area contributed by atoms with Crippen molar-refractivity contribution in [1.82, 2.24) is 14.9 Å². The van der Waals surface area contributed by atoms with Gasteiger partial charge < -0.3 is 11.2 Å². The van der Waals surface area contributed by atoms with Crippen LogP contribution in [0.1, 0.15) is 12.5 Å². The molecule has 0 unspecified atom stereocenters. The molecule has 1 aromatic heterocycles. The molecule has 1 atom stereocenters. The number of amides is 1. The van der Waals surface area contributed by atoms with Crippen molar-refractivity contribution < 1.29 is 4.79 Å². The number of halogens is 1. The molecule has 0 aliphatic rings. The summed E-state index contributed by atoms with van der Waals surface area (Å²) in [6, 6.07) is 15.3. The zero-order chi connectivity index (χ0) is 18.7. The van der Waals surface area contributed by atoms with Crippen molar-refractivity contribution >= 4 is 39.3 Å². The number of aryl methyl sites for hydroxylation is 1. The van der Waals surface area contributed by atoms with Crippen LogP contribution in [0.15, 0.2) is 58.2 Å². The van der Waals surface area contributed by atoms with Gasteiger partial charge in [-0.15, -0.1) is 10.2 Å². The minimum atomic E-state index is -0.380. The SMILES string of the molecule is Cc1ccc(NC(=O)[C@H](C)Sc2nnc(-c3ccccc3Br)n2N)cc1. The number of carbonyl (C=O) groups excluding carboxylic acids is 1. The zero-order valence-electron chi connectivity index (χ0n) is 14.3. The van der Waals surface area contributed by atoms with Gasteiger partial charge >= 0.3 is 0 Å². The standard InChI is InChI=1S/C18H18BrN5OS/c1-11-7-9-13(10-8-11)21-17(25)12(2)26-18-23-22-16(24(18)20)14-5-3-4-6-15(14)19/h3-10,12H,20H2,1-2H3,(H,21,25)/t12-/m0/s1. The van der Waals surface area contributed by atoms with Gasteiger partial charge in [0.15, 0.2) is 5.82 Å². The number of hydrogen-bond donors (Lipinski definition) is 2. The van der Waals surface area contributed by atoms with Gasteiger partial charge in [0.1, 0.15) is 0 Å². The van der Waals surface area contributed by atoms with E-state index in [1.807, 2.05) is 55.5 Å². The predicted octanol–water partition coefficient (Wildman–Crippen LogP) is 3.85. The fraction of sp³-hybridized carbons (Fsp3) is 0.167. The maximum absolute atomic E-state index is 12.4. The number of rotatable bonds is 5. The number of thioether (sulfide) groups is 1. The third-order valence-electron chi connectivity index (χ3n) is 3.75. The lowest BCUT2D eigenvalue weighted by molar-refractivity contribution is -0.115. The molecular weight excluding hydrogens is 414 g/mol. The molecular formula is C18H18BrN5OS. The summed E-state index contributed by atoms with van der Waals surface area (Å²) in [4.78, 5) is 12.4. The summed E-state index contributed by atoms with van der Waals surface area (Å²) in [6.07, 6.45) is 0. The van der Waals surface area contributed by atoms with E-state index in [-0.39, 0.29) is 11.2 Å². The molecule has 1 heterocycles. The molecule has 3 aromatic rings. The molecule has 0 spiro atoms. The Morgan fingerprint density at radius 2 is 1.88 bits per heavy atom. The summed E-state index contributed by atoms with van der Waals surface area (Å²) in [5, 5.41) is 11.3. The summed E-state index contributed by atoms with van der Waals surface area (Å²) in [5.41, 5.74) is 2.74. The van der Waals surface area contributed by atoms with Crippen LogP contribution in [-0.2, 0) is 4.79 Å². The van der Waals surface area contributed by atoms with E-state index in [4.69, 9.17) is 5.84 Å². The Hall–Kier alpha value is -2.32. The highest BCUT2D eigenvalue weighted by molar-refractivity contribution is 9.10. The zero-order valence-corrected chi connectivity index (χ0v) is 16.7. The van der Waals surface area contributed by atoms with Crippen LogP contribution >= 0.6 is 27.7 Å². The molecule has 0 aliphatic carbocycles. The van der Waals surface area contributed by atoms with Gasteiger partial charge in [-0.25, -0.2) is 4.68 Å². The molecule has 0 saturated heterocycles. The van der Waals surface area contributed by atoms with E-state index >= 15 is 0 Å². The number of hydrogen-bond acceptors (Lipinski definition) is 5. The van der Waals surface area contributed by atoms with Gasteiger partial charge in [-0.05, 0) is 38.1 Å². The van der Waals surface area contributed by atoms with Crippen LogP contribution in [-0.4, -0.2) is 26.0 Å². The van der Waals surface area contributed by atoms with Gasteiger partial charge in [0.2, 0.25) is 11.1 Å². The number of aromatic nitrogens is 3. The van der Waals surface area contributed by atoms with Crippen LogP contribution < -0.4 is 11.2 Å². The van der Waals surface area contributed by atoms with Crippen LogP contribution in [0.25, 0.3) is 11.4 Å². The van der Waals surface area contributed by atoms with Crippen LogP contribution in [0.3, 0.4) is 0 Å². The smallest absolute Gasteiger partial charge is 0.237 e. The molecule has 8 heteroatoms. The van der Waals surface area contributed by atoms with Crippen LogP contribution in [0.5, 0.6) is 0 Å². The number of anilines is 1. The van der Waals surface area contributed by atoms with Gasteiger partial charge in [-0.2, -0.15) is 0 Å². The third-order valence-corrected chi connectivity index (χ3v) is 5.50. The van der Waals surface area contributed by atoms with E-state index in [0.29, 0.717) is 11.0 Å². The lowest BCUT2D eigenvalue weighted by Crippen LogP contribution is -2.23. The van der Waals surface area contributed by atoms with Crippen LogP contribution in [0, 0.1) is 6.92 Å². The molecule has 3 rings (SSSR count). The molecule has 3 N–H and O–H groups in total. The van der Waals surface area contributed by atoms with E-state index < -0.39 is 0 Å². The first-order chi connectivity index (χ1) is 12.5. The summed E-state index contributed by atoms with van der Waals surface area (Å²) in [7, 11) is 0. The highest BCUT2D eigenvalue weighted by atomic mass is 79.9. The monoisotopic (exact) mass is 431 g/mol. The van der Waals surface area contributed by atoms with Crippen LogP contribution in [0.4, 0.5) is 5.69 Å². The maximum Gasteiger partial charge on any atom is 0.237 e. The second-order valence-electron chi connectivity index (χ2n) is 5.77. The minimum Gasteiger partial charge on any atom is -0.335 e. The first-order valence-corrected chi connectivity index (χ1v) is 9.62. The second kappa shape index (κ2) is 7.92. The highest BCUT2D eigenvalue weighted by Crippen LogP contribution is 2.29. The molecule has 134 valence electrons. The molecule has 0 aliphatic heterocycles. The van der Waals surface area contributed by atoms with E-state index in [2.05, 4.69) is 31.4 Å². The van der Waals surface area contributed by atoms with E-state index in [9.17, 15) is 4.79 Å². The number of nitrogens with zero attached hydrogens (tertiary/aromatic N) is 3. The average molecular weight is 432 g/mol. The molecule has 1 amide bonds. The Morgan fingerprint density at radius 1 is 1.19 bits per heavy atom. The molecule has 0 fully saturated rings. The summed E-state index contributed by atoms with van der Waals surface area (Å²) in [6.45, 7) is 3.81. The topological polar surface area (TPSA) is 85.8 Å². The maximum atomic E-state index is 12.4. The van der Waals surface area contributed by atoms with Crippen molar-refractivity contribution in [2.75, 3.05) is 11.2 Å². The van der Waals surface area contributed by atoms with Crippen LogP contribution in [0.2, 0.25) is 0 Å². The molecule has 0 saturated carbocycles. The quantitative estimate of drug-likeness (QED) is 0.473. The Labute approximate surface area is 164 Å². The molecule has 2 aromatic carbocycles. The Morgan fingerprint density at radius 3 is 2.58 bits per heavy atom. The Balaban J connectivity index is 1.71. The lowest BCUT2D eigenvalue weighted by atomic mass is 10.2. The molecule has 0 bridgehead atoms. The van der Waals surface area contributed by atoms with Gasteiger partial charge in [0, 0.05) is 15.7 Å². The first-order valence-electron chi connectivity index (χ1n) is 7.95. The summed E-state index contributed by atoms with van der Waals surface area (Å²) < 4.78 is 2.28. The number of nitrogens with two attached hydrogens (primary N) is 1.